The summed E-state index contributed by atoms with van der Waals surface area (Å²) in [5.41, 5.74) is 3.62. The van der Waals surface area contributed by atoms with Crippen molar-refractivity contribution >= 4 is 23.0 Å². The van der Waals surface area contributed by atoms with Crippen molar-refractivity contribution in [1.29, 1.82) is 0 Å². The average molecular weight is 320 g/mol. The molecule has 2 nitrogen and oxygen atoms in total. The van der Waals surface area contributed by atoms with Crippen LogP contribution in [0.25, 0.3) is 0 Å². The molecule has 2 N–H and O–H groups in total. The Bertz CT molecular complexity index is 701. The third kappa shape index (κ3) is 4.01. The zero-order chi connectivity index (χ0) is 16.3. The number of hydrogen-bond acceptors (Lipinski definition) is 1. The summed E-state index contributed by atoms with van der Waals surface area (Å²) in [5, 5.41) is 6.14. The second-order valence-corrected chi connectivity index (χ2v) is 5.71. The third-order valence-electron chi connectivity index (χ3n) is 3.42. The van der Waals surface area contributed by atoms with Crippen molar-refractivity contribution in [2.45, 2.75) is 26.8 Å². The van der Waals surface area contributed by atoms with E-state index >= 15 is 0 Å². The zero-order valence-corrected chi connectivity index (χ0v) is 13.5. The van der Waals surface area contributed by atoms with E-state index in [0.717, 1.165) is 17.2 Å². The van der Waals surface area contributed by atoms with Gasteiger partial charge in [-0.2, -0.15) is 0 Å². The highest BCUT2D eigenvalue weighted by molar-refractivity contribution is 7.80. The first-order valence-electron chi connectivity index (χ1n) is 6.96. The van der Waals surface area contributed by atoms with Gasteiger partial charge >= 0.3 is 0 Å². The van der Waals surface area contributed by atoms with Gasteiger partial charge in [0.25, 0.3) is 0 Å². The Morgan fingerprint density at radius 3 is 2.45 bits per heavy atom. The standard InChI is InChI=1S/C17H18F2N2S/c1-10-4-6-14(11(2)8-10)12(3)20-17(22)21-16-7-5-13(18)9-15(16)19/h4-9,12H,1-3H3,(H2,20,21,22). The van der Waals surface area contributed by atoms with Crippen LogP contribution in [0.1, 0.15) is 29.7 Å². The topological polar surface area (TPSA) is 24.1 Å². The molecule has 22 heavy (non-hydrogen) atoms. The molecule has 2 aromatic rings. The molecule has 1 unspecified atom stereocenters. The molecule has 0 aliphatic heterocycles. The van der Waals surface area contributed by atoms with Crippen molar-refractivity contribution in [2.75, 3.05) is 5.32 Å². The maximum Gasteiger partial charge on any atom is 0.171 e. The molecule has 0 heterocycles. The first-order valence-corrected chi connectivity index (χ1v) is 7.37. The van der Waals surface area contributed by atoms with Crippen molar-refractivity contribution in [3.63, 3.8) is 0 Å². The van der Waals surface area contributed by atoms with E-state index in [2.05, 4.69) is 16.7 Å². The van der Waals surface area contributed by atoms with Crippen LogP contribution < -0.4 is 10.6 Å². The molecule has 0 saturated carbocycles. The van der Waals surface area contributed by atoms with Gasteiger partial charge in [-0.15, -0.1) is 0 Å². The molecule has 0 bridgehead atoms. The number of aryl methyl sites for hydroxylation is 2. The van der Waals surface area contributed by atoms with Crippen LogP contribution in [0.5, 0.6) is 0 Å². The molecular formula is C17H18F2N2S. The maximum absolute atomic E-state index is 13.6. The van der Waals surface area contributed by atoms with Crippen LogP contribution in [0.15, 0.2) is 36.4 Å². The Labute approximate surface area is 134 Å². The summed E-state index contributed by atoms with van der Waals surface area (Å²) in [4.78, 5) is 0. The zero-order valence-electron chi connectivity index (χ0n) is 12.7. The lowest BCUT2D eigenvalue weighted by Crippen LogP contribution is -2.31. The highest BCUT2D eigenvalue weighted by Crippen LogP contribution is 2.19. The molecule has 2 rings (SSSR count). The second kappa shape index (κ2) is 6.83. The van der Waals surface area contributed by atoms with Crippen molar-refractivity contribution in [1.82, 2.24) is 5.32 Å². The van der Waals surface area contributed by atoms with Gasteiger partial charge in [-0.1, -0.05) is 23.8 Å². The summed E-state index contributed by atoms with van der Waals surface area (Å²) in [6.45, 7) is 6.06. The molecule has 0 saturated heterocycles. The minimum Gasteiger partial charge on any atom is -0.356 e. The van der Waals surface area contributed by atoms with Gasteiger partial charge in [0.2, 0.25) is 0 Å². The molecule has 5 heteroatoms. The fourth-order valence-electron chi connectivity index (χ4n) is 2.34. The van der Waals surface area contributed by atoms with Gasteiger partial charge in [-0.05, 0) is 56.2 Å². The predicted octanol–water partition coefficient (Wildman–Crippen LogP) is 4.63. The van der Waals surface area contributed by atoms with Gasteiger partial charge in [0.05, 0.1) is 11.7 Å². The Balaban J connectivity index is 2.05. The van der Waals surface area contributed by atoms with Crippen LogP contribution in [0, 0.1) is 25.5 Å². The molecule has 2 aromatic carbocycles. The Hall–Kier alpha value is -2.01. The Kier molecular flexibility index (Phi) is 5.08. The van der Waals surface area contributed by atoms with Gasteiger partial charge in [0.1, 0.15) is 11.6 Å². The Morgan fingerprint density at radius 1 is 1.09 bits per heavy atom. The van der Waals surface area contributed by atoms with Crippen LogP contribution in [0.4, 0.5) is 14.5 Å². The van der Waals surface area contributed by atoms with E-state index in [4.69, 9.17) is 12.2 Å². The molecule has 0 aromatic heterocycles. The summed E-state index contributed by atoms with van der Waals surface area (Å²) in [5.74, 6) is -1.30. The van der Waals surface area contributed by atoms with Crippen molar-refractivity contribution in [3.8, 4) is 0 Å². The van der Waals surface area contributed by atoms with E-state index in [1.54, 1.807) is 0 Å². The van der Waals surface area contributed by atoms with Crippen molar-refractivity contribution < 1.29 is 8.78 Å². The lowest BCUT2D eigenvalue weighted by molar-refractivity contribution is 0.586. The predicted molar refractivity (Wildman–Crippen MR) is 90.0 cm³/mol. The minimum atomic E-state index is -0.677. The minimum absolute atomic E-state index is 0.0240. The molecule has 0 radical (unpaired) electrons. The van der Waals surface area contributed by atoms with E-state index in [0.29, 0.717) is 0 Å². The van der Waals surface area contributed by atoms with Gasteiger partial charge in [-0.25, -0.2) is 8.78 Å². The normalized spacial score (nSPS) is 11.9. The van der Waals surface area contributed by atoms with Crippen LogP contribution in [-0.2, 0) is 0 Å². The van der Waals surface area contributed by atoms with Crippen LogP contribution in [0.3, 0.4) is 0 Å². The van der Waals surface area contributed by atoms with E-state index in [1.807, 2.05) is 32.9 Å². The van der Waals surface area contributed by atoms with Crippen LogP contribution in [-0.4, -0.2) is 5.11 Å². The number of hydrogen-bond donors (Lipinski definition) is 2. The summed E-state index contributed by atoms with van der Waals surface area (Å²) < 4.78 is 26.5. The van der Waals surface area contributed by atoms with E-state index in [-0.39, 0.29) is 16.8 Å². The summed E-state index contributed by atoms with van der Waals surface area (Å²) in [6, 6.07) is 9.48. The van der Waals surface area contributed by atoms with Crippen LogP contribution in [0.2, 0.25) is 0 Å². The quantitative estimate of drug-likeness (QED) is 0.806. The average Bonchev–Trinajstić information content (AvgIpc) is 2.41. The number of nitrogens with one attached hydrogen (secondary N) is 2. The number of rotatable bonds is 3. The first-order chi connectivity index (χ1) is 10.4. The summed E-state index contributed by atoms with van der Waals surface area (Å²) in [6.07, 6.45) is 0. The fraction of sp³-hybridized carbons (Fsp3) is 0.235. The van der Waals surface area contributed by atoms with Gasteiger partial charge in [0.15, 0.2) is 5.11 Å². The summed E-state index contributed by atoms with van der Waals surface area (Å²) in [7, 11) is 0. The number of benzene rings is 2. The lowest BCUT2D eigenvalue weighted by atomic mass is 10.0. The number of halogens is 2. The fourth-order valence-corrected chi connectivity index (χ4v) is 2.62. The largest absolute Gasteiger partial charge is 0.356 e. The van der Waals surface area contributed by atoms with Gasteiger partial charge in [0, 0.05) is 6.07 Å². The Morgan fingerprint density at radius 2 is 1.82 bits per heavy atom. The smallest absolute Gasteiger partial charge is 0.171 e. The monoisotopic (exact) mass is 320 g/mol. The highest BCUT2D eigenvalue weighted by atomic mass is 32.1. The maximum atomic E-state index is 13.6. The van der Waals surface area contributed by atoms with E-state index in [9.17, 15) is 8.78 Å². The number of thiocarbonyl (C=S) groups is 1. The van der Waals surface area contributed by atoms with Gasteiger partial charge in [-0.3, -0.25) is 0 Å². The van der Waals surface area contributed by atoms with Crippen molar-refractivity contribution in [3.05, 3.63) is 64.7 Å². The first kappa shape index (κ1) is 16.4. The van der Waals surface area contributed by atoms with Crippen molar-refractivity contribution in [2.24, 2.45) is 0 Å². The molecule has 0 aliphatic carbocycles. The molecule has 116 valence electrons. The SMILES string of the molecule is Cc1ccc(C(C)NC(=S)Nc2ccc(F)cc2F)c(C)c1. The second-order valence-electron chi connectivity index (χ2n) is 5.30. The third-order valence-corrected chi connectivity index (χ3v) is 3.64. The van der Waals surface area contributed by atoms with Gasteiger partial charge < -0.3 is 10.6 Å². The molecule has 0 amide bonds. The molecule has 1 atom stereocenters. The molecule has 0 fully saturated rings. The lowest BCUT2D eigenvalue weighted by Gasteiger charge is -2.19. The highest BCUT2D eigenvalue weighted by Gasteiger charge is 2.11. The van der Waals surface area contributed by atoms with E-state index in [1.165, 1.54) is 17.7 Å². The molecule has 0 aliphatic rings. The summed E-state index contributed by atoms with van der Waals surface area (Å²) >= 11 is 5.19. The van der Waals surface area contributed by atoms with E-state index < -0.39 is 11.6 Å². The number of anilines is 1. The molecule has 0 spiro atoms. The van der Waals surface area contributed by atoms with Crippen LogP contribution >= 0.6 is 12.2 Å². The molecular weight excluding hydrogens is 302 g/mol.